The summed E-state index contributed by atoms with van der Waals surface area (Å²) < 4.78 is 0. The lowest BCUT2D eigenvalue weighted by molar-refractivity contribution is 0.218. The van der Waals surface area contributed by atoms with Crippen LogP contribution in [0, 0.1) is 5.92 Å². The first kappa shape index (κ1) is 7.56. The Balaban J connectivity index is 2.13. The fourth-order valence-corrected chi connectivity index (χ4v) is 2.81. The topological polar surface area (TPSA) is 6.48 Å². The number of rotatable bonds is 0. The molecule has 0 saturated carbocycles. The molecule has 2 heterocycles. The van der Waals surface area contributed by atoms with Crippen LogP contribution in [0.5, 0.6) is 0 Å². The summed E-state index contributed by atoms with van der Waals surface area (Å²) >= 11 is 0. The average molecular weight is 154 g/mol. The molecule has 2 saturated heterocycles. The Bertz CT molecular complexity index is 156. The van der Waals surface area contributed by atoms with Crippen LogP contribution in [-0.2, 0) is 0 Å². The van der Waals surface area contributed by atoms with E-state index in [-0.39, 0.29) is 0 Å². The van der Waals surface area contributed by atoms with Gasteiger partial charge in [0, 0.05) is 18.6 Å². The van der Waals surface area contributed by atoms with Crippen LogP contribution in [-0.4, -0.2) is 49.1 Å². The van der Waals surface area contributed by atoms with Crippen LogP contribution < -0.4 is 0 Å². The second-order valence-electron chi connectivity index (χ2n) is 4.20. The Morgan fingerprint density at radius 1 is 1.18 bits per heavy atom. The maximum Gasteiger partial charge on any atom is 0.0286 e. The summed E-state index contributed by atoms with van der Waals surface area (Å²) in [6.45, 7) is 4.98. The predicted molar refractivity (Wildman–Crippen MR) is 46.6 cm³/mol. The van der Waals surface area contributed by atoms with E-state index >= 15 is 0 Å². The normalized spacial score (nSPS) is 46.6. The van der Waals surface area contributed by atoms with E-state index in [9.17, 15) is 0 Å². The SMILES string of the molecule is CC1C2C(CCN2C)CN1C. The summed E-state index contributed by atoms with van der Waals surface area (Å²) in [5, 5.41) is 0. The molecule has 0 aromatic heterocycles. The molecule has 3 atom stereocenters. The molecule has 0 spiro atoms. The first-order valence-corrected chi connectivity index (χ1v) is 4.60. The van der Waals surface area contributed by atoms with Gasteiger partial charge in [-0.2, -0.15) is 0 Å². The highest BCUT2D eigenvalue weighted by atomic mass is 15.3. The molecule has 2 aliphatic rings. The summed E-state index contributed by atoms with van der Waals surface area (Å²) in [4.78, 5) is 5.02. The van der Waals surface area contributed by atoms with E-state index in [1.54, 1.807) is 0 Å². The summed E-state index contributed by atoms with van der Waals surface area (Å²) in [6.07, 6.45) is 1.41. The second kappa shape index (κ2) is 2.46. The van der Waals surface area contributed by atoms with Crippen molar-refractivity contribution in [3.8, 4) is 0 Å². The fraction of sp³-hybridized carbons (Fsp3) is 1.00. The van der Waals surface area contributed by atoms with Crippen LogP contribution in [0.4, 0.5) is 0 Å². The number of fused-ring (bicyclic) bond motifs is 1. The van der Waals surface area contributed by atoms with Gasteiger partial charge in [0.25, 0.3) is 0 Å². The van der Waals surface area contributed by atoms with E-state index in [1.807, 2.05) is 0 Å². The van der Waals surface area contributed by atoms with Gasteiger partial charge in [0.15, 0.2) is 0 Å². The zero-order valence-electron chi connectivity index (χ0n) is 7.75. The van der Waals surface area contributed by atoms with Crippen LogP contribution in [0.15, 0.2) is 0 Å². The summed E-state index contributed by atoms with van der Waals surface area (Å²) in [7, 11) is 4.51. The van der Waals surface area contributed by atoms with Gasteiger partial charge in [-0.1, -0.05) is 0 Å². The minimum absolute atomic E-state index is 0.771. The summed E-state index contributed by atoms with van der Waals surface area (Å²) in [5.74, 6) is 0.958. The molecule has 2 heteroatoms. The van der Waals surface area contributed by atoms with E-state index in [2.05, 4.69) is 30.8 Å². The molecule has 2 nitrogen and oxygen atoms in total. The highest BCUT2D eigenvalue weighted by Crippen LogP contribution is 2.33. The smallest absolute Gasteiger partial charge is 0.0286 e. The molecule has 2 rings (SSSR count). The molecule has 0 aliphatic carbocycles. The maximum atomic E-state index is 2.53. The fourth-order valence-electron chi connectivity index (χ4n) is 2.81. The molecule has 3 unspecified atom stereocenters. The molecule has 0 amide bonds. The van der Waals surface area contributed by atoms with Gasteiger partial charge in [0.05, 0.1) is 0 Å². The molecule has 0 aromatic rings. The third-order valence-corrected chi connectivity index (χ3v) is 3.56. The standard InChI is InChI=1S/C9H18N2/c1-7-9-8(6-11(7)3)4-5-10(9)2/h7-9H,4-6H2,1-3H3. The minimum Gasteiger partial charge on any atom is -0.302 e. The van der Waals surface area contributed by atoms with Gasteiger partial charge in [-0.05, 0) is 39.9 Å². The Morgan fingerprint density at radius 2 is 1.91 bits per heavy atom. The molecule has 11 heavy (non-hydrogen) atoms. The van der Waals surface area contributed by atoms with Crippen molar-refractivity contribution in [1.82, 2.24) is 9.80 Å². The van der Waals surface area contributed by atoms with Crippen LogP contribution in [0.25, 0.3) is 0 Å². The molecule has 0 radical (unpaired) electrons. The van der Waals surface area contributed by atoms with Crippen molar-refractivity contribution in [1.29, 1.82) is 0 Å². The zero-order chi connectivity index (χ0) is 8.01. The molecule has 0 N–H and O–H groups in total. The number of hydrogen-bond acceptors (Lipinski definition) is 2. The molecule has 2 aliphatic heterocycles. The summed E-state index contributed by atoms with van der Waals surface area (Å²) in [5.41, 5.74) is 0. The van der Waals surface area contributed by atoms with E-state index in [0.29, 0.717) is 0 Å². The van der Waals surface area contributed by atoms with Crippen molar-refractivity contribution in [3.05, 3.63) is 0 Å². The summed E-state index contributed by atoms with van der Waals surface area (Å²) in [6, 6.07) is 1.62. The van der Waals surface area contributed by atoms with Gasteiger partial charge in [0.2, 0.25) is 0 Å². The third kappa shape index (κ3) is 1.00. The first-order chi connectivity index (χ1) is 5.20. The Morgan fingerprint density at radius 3 is 2.55 bits per heavy atom. The van der Waals surface area contributed by atoms with Crippen molar-refractivity contribution in [3.63, 3.8) is 0 Å². The quantitative estimate of drug-likeness (QED) is 0.505. The van der Waals surface area contributed by atoms with Gasteiger partial charge in [-0.3, -0.25) is 0 Å². The average Bonchev–Trinajstić information content (AvgIpc) is 2.41. The van der Waals surface area contributed by atoms with Crippen molar-refractivity contribution < 1.29 is 0 Å². The van der Waals surface area contributed by atoms with Crippen LogP contribution in [0.3, 0.4) is 0 Å². The minimum atomic E-state index is 0.771. The van der Waals surface area contributed by atoms with E-state index in [4.69, 9.17) is 0 Å². The van der Waals surface area contributed by atoms with Crippen LogP contribution in [0.2, 0.25) is 0 Å². The predicted octanol–water partition coefficient (Wildman–Crippen LogP) is 0.641. The Kier molecular flexibility index (Phi) is 1.69. The van der Waals surface area contributed by atoms with Gasteiger partial charge in [-0.25, -0.2) is 0 Å². The molecule has 64 valence electrons. The van der Waals surface area contributed by atoms with Crippen molar-refractivity contribution in [2.24, 2.45) is 5.92 Å². The van der Waals surface area contributed by atoms with Crippen molar-refractivity contribution in [2.75, 3.05) is 27.2 Å². The van der Waals surface area contributed by atoms with E-state index in [0.717, 1.165) is 18.0 Å². The number of hydrogen-bond donors (Lipinski definition) is 0. The number of likely N-dealkylation sites (N-methyl/N-ethyl adjacent to an activating group) is 2. The van der Waals surface area contributed by atoms with Crippen molar-refractivity contribution in [2.45, 2.75) is 25.4 Å². The highest BCUT2D eigenvalue weighted by molar-refractivity contribution is 4.98. The molecular weight excluding hydrogens is 136 g/mol. The van der Waals surface area contributed by atoms with Crippen molar-refractivity contribution >= 4 is 0 Å². The van der Waals surface area contributed by atoms with Crippen LogP contribution in [0.1, 0.15) is 13.3 Å². The Labute approximate surface area is 69.2 Å². The molecule has 0 aromatic carbocycles. The highest BCUT2D eigenvalue weighted by Gasteiger charge is 2.42. The lowest BCUT2D eigenvalue weighted by atomic mass is 10.0. The van der Waals surface area contributed by atoms with Gasteiger partial charge in [-0.15, -0.1) is 0 Å². The zero-order valence-corrected chi connectivity index (χ0v) is 7.75. The van der Waals surface area contributed by atoms with E-state index < -0.39 is 0 Å². The van der Waals surface area contributed by atoms with E-state index in [1.165, 1.54) is 19.5 Å². The molecular formula is C9H18N2. The third-order valence-electron chi connectivity index (χ3n) is 3.56. The second-order valence-corrected chi connectivity index (χ2v) is 4.20. The molecule has 2 fully saturated rings. The van der Waals surface area contributed by atoms with Gasteiger partial charge >= 0.3 is 0 Å². The number of likely N-dealkylation sites (tertiary alicyclic amines) is 2. The first-order valence-electron chi connectivity index (χ1n) is 4.60. The largest absolute Gasteiger partial charge is 0.302 e. The lowest BCUT2D eigenvalue weighted by Gasteiger charge is -2.25. The van der Waals surface area contributed by atoms with Gasteiger partial charge in [0.1, 0.15) is 0 Å². The number of nitrogens with zero attached hydrogens (tertiary/aromatic N) is 2. The lowest BCUT2D eigenvalue weighted by Crippen LogP contribution is -2.38. The monoisotopic (exact) mass is 154 g/mol. The Hall–Kier alpha value is -0.0800. The molecule has 0 bridgehead atoms. The maximum absolute atomic E-state index is 2.53. The van der Waals surface area contributed by atoms with Crippen LogP contribution >= 0.6 is 0 Å². The van der Waals surface area contributed by atoms with Gasteiger partial charge < -0.3 is 9.80 Å².